The molecule has 1 N–H and O–H groups in total. The first-order chi connectivity index (χ1) is 14.6. The monoisotopic (exact) mass is 435 g/mol. The van der Waals surface area contributed by atoms with Crippen LogP contribution in [-0.2, 0) is 9.59 Å². The van der Waals surface area contributed by atoms with Crippen LogP contribution in [0.3, 0.4) is 0 Å². The largest absolute Gasteiger partial charge is 0.300 e. The molecule has 0 radical (unpaired) electrons. The average molecular weight is 436 g/mol. The summed E-state index contributed by atoms with van der Waals surface area (Å²) in [4.78, 5) is 31.4. The van der Waals surface area contributed by atoms with Crippen LogP contribution in [0.25, 0.3) is 6.08 Å². The first-order valence-electron chi connectivity index (χ1n) is 9.08. The number of nitrogens with one attached hydrogen (secondary N) is 1. The molecule has 150 valence electrons. The van der Waals surface area contributed by atoms with Gasteiger partial charge >= 0.3 is 0 Å². The number of aryl methyl sites for hydroxylation is 1. The topological polar surface area (TPSA) is 87.5 Å². The van der Waals surface area contributed by atoms with Gasteiger partial charge in [-0.25, -0.2) is 4.99 Å². The zero-order chi connectivity index (χ0) is 20.9. The van der Waals surface area contributed by atoms with Crippen molar-refractivity contribution in [1.82, 2.24) is 10.2 Å². The lowest BCUT2D eigenvalue weighted by Crippen LogP contribution is -2.31. The summed E-state index contributed by atoms with van der Waals surface area (Å²) in [5.41, 5.74) is 1.91. The second kappa shape index (κ2) is 9.02. The summed E-state index contributed by atoms with van der Waals surface area (Å²) >= 11 is 2.50. The minimum absolute atomic E-state index is 0.0900. The molecular weight excluding hydrogens is 418 g/mol. The van der Waals surface area contributed by atoms with Crippen LogP contribution in [0.2, 0.25) is 0 Å². The van der Waals surface area contributed by atoms with Crippen molar-refractivity contribution in [3.8, 4) is 0 Å². The maximum absolute atomic E-state index is 13.1. The summed E-state index contributed by atoms with van der Waals surface area (Å²) in [5.74, 6) is -0.375. The Morgan fingerprint density at radius 2 is 1.80 bits per heavy atom. The van der Waals surface area contributed by atoms with Gasteiger partial charge in [0, 0.05) is 0 Å². The third kappa shape index (κ3) is 4.64. The maximum atomic E-state index is 13.1. The SMILES string of the molecule is Cc1nnc(NC(=O)CSC2=N/C(=C/c3ccccc3)C(=O)N2c2ccccc2)s1. The van der Waals surface area contributed by atoms with E-state index in [4.69, 9.17) is 0 Å². The van der Waals surface area contributed by atoms with Gasteiger partial charge in [-0.3, -0.25) is 19.8 Å². The highest BCUT2D eigenvalue weighted by atomic mass is 32.2. The van der Waals surface area contributed by atoms with Crippen molar-refractivity contribution < 1.29 is 9.59 Å². The van der Waals surface area contributed by atoms with E-state index in [1.54, 1.807) is 6.08 Å². The van der Waals surface area contributed by atoms with Gasteiger partial charge in [0.15, 0.2) is 5.17 Å². The Kier molecular flexibility index (Phi) is 6.01. The molecule has 7 nitrogen and oxygen atoms in total. The van der Waals surface area contributed by atoms with Crippen molar-refractivity contribution in [2.75, 3.05) is 16.0 Å². The number of para-hydroxylation sites is 1. The Morgan fingerprint density at radius 1 is 1.10 bits per heavy atom. The van der Waals surface area contributed by atoms with Gasteiger partial charge in [-0.15, -0.1) is 10.2 Å². The molecule has 2 heterocycles. The quantitative estimate of drug-likeness (QED) is 0.613. The summed E-state index contributed by atoms with van der Waals surface area (Å²) in [6.07, 6.45) is 1.75. The number of aromatic nitrogens is 2. The molecule has 0 bridgehead atoms. The Hall–Kier alpha value is -3.30. The maximum Gasteiger partial charge on any atom is 0.283 e. The highest BCUT2D eigenvalue weighted by Gasteiger charge is 2.32. The summed E-state index contributed by atoms with van der Waals surface area (Å²) in [6.45, 7) is 1.82. The second-order valence-corrected chi connectivity index (χ2v) is 8.40. The van der Waals surface area contributed by atoms with Gasteiger partial charge in [-0.05, 0) is 30.7 Å². The van der Waals surface area contributed by atoms with Gasteiger partial charge < -0.3 is 0 Å². The van der Waals surface area contributed by atoms with E-state index in [2.05, 4.69) is 20.5 Å². The molecule has 1 aliphatic rings. The van der Waals surface area contributed by atoms with Crippen LogP contribution >= 0.6 is 23.1 Å². The van der Waals surface area contributed by atoms with Gasteiger partial charge in [-0.2, -0.15) is 0 Å². The van der Waals surface area contributed by atoms with Crippen LogP contribution < -0.4 is 10.2 Å². The third-order valence-corrected chi connectivity index (χ3v) is 5.74. The highest BCUT2D eigenvalue weighted by Crippen LogP contribution is 2.29. The molecule has 1 aliphatic heterocycles. The molecule has 30 heavy (non-hydrogen) atoms. The molecule has 0 atom stereocenters. The van der Waals surface area contributed by atoms with Crippen LogP contribution in [0.4, 0.5) is 10.8 Å². The normalized spacial score (nSPS) is 14.8. The summed E-state index contributed by atoms with van der Waals surface area (Å²) < 4.78 is 0. The van der Waals surface area contributed by atoms with E-state index in [0.717, 1.165) is 10.6 Å². The minimum atomic E-state index is -0.236. The lowest BCUT2D eigenvalue weighted by atomic mass is 10.2. The van der Waals surface area contributed by atoms with Gasteiger partial charge in [0.05, 0.1) is 11.4 Å². The Labute approximate surface area is 181 Å². The van der Waals surface area contributed by atoms with Crippen molar-refractivity contribution in [1.29, 1.82) is 0 Å². The Morgan fingerprint density at radius 3 is 2.47 bits per heavy atom. The zero-order valence-corrected chi connectivity index (χ0v) is 17.6. The number of anilines is 2. The van der Waals surface area contributed by atoms with E-state index in [0.29, 0.717) is 21.7 Å². The van der Waals surface area contributed by atoms with Crippen molar-refractivity contribution in [3.05, 3.63) is 76.9 Å². The molecule has 2 amide bonds. The standard InChI is InChI=1S/C21H17N5O2S2/c1-14-24-25-20(30-14)23-18(27)13-29-21-22-17(12-15-8-4-2-5-9-15)19(28)26(21)16-10-6-3-7-11-16/h2-12H,13H2,1H3,(H,23,25,27)/b17-12+. The fraction of sp³-hybridized carbons (Fsp3) is 0.0952. The summed E-state index contributed by atoms with van der Waals surface area (Å²) in [5, 5.41) is 12.2. The molecule has 1 aromatic heterocycles. The van der Waals surface area contributed by atoms with Crippen molar-refractivity contribution in [3.63, 3.8) is 0 Å². The number of hydrogen-bond acceptors (Lipinski definition) is 7. The number of carbonyl (C=O) groups excluding carboxylic acids is 2. The molecule has 0 unspecified atom stereocenters. The van der Waals surface area contributed by atoms with Gasteiger partial charge in [0.1, 0.15) is 10.7 Å². The molecule has 4 rings (SSSR count). The minimum Gasteiger partial charge on any atom is -0.300 e. The smallest absolute Gasteiger partial charge is 0.283 e. The van der Waals surface area contributed by atoms with E-state index in [-0.39, 0.29) is 17.6 Å². The lowest BCUT2D eigenvalue weighted by molar-refractivity contribution is -0.114. The van der Waals surface area contributed by atoms with E-state index >= 15 is 0 Å². The van der Waals surface area contributed by atoms with Gasteiger partial charge in [-0.1, -0.05) is 71.6 Å². The van der Waals surface area contributed by atoms with Gasteiger partial charge in [0.25, 0.3) is 5.91 Å². The van der Waals surface area contributed by atoms with Crippen molar-refractivity contribution >= 4 is 57.0 Å². The fourth-order valence-electron chi connectivity index (χ4n) is 2.74. The molecule has 0 saturated heterocycles. The van der Waals surface area contributed by atoms with Crippen LogP contribution in [0.15, 0.2) is 71.4 Å². The molecular formula is C21H17N5O2S2. The van der Waals surface area contributed by atoms with Crippen LogP contribution in [0.5, 0.6) is 0 Å². The molecule has 0 saturated carbocycles. The first kappa shape index (κ1) is 20.0. The number of amidine groups is 1. The number of aliphatic imine (C=N–C) groups is 1. The number of thioether (sulfide) groups is 1. The number of nitrogens with zero attached hydrogens (tertiary/aromatic N) is 4. The van der Waals surface area contributed by atoms with E-state index in [1.165, 1.54) is 28.0 Å². The highest BCUT2D eigenvalue weighted by molar-refractivity contribution is 8.14. The number of rotatable bonds is 5. The second-order valence-electron chi connectivity index (χ2n) is 6.27. The zero-order valence-electron chi connectivity index (χ0n) is 16.0. The summed E-state index contributed by atoms with van der Waals surface area (Å²) in [6, 6.07) is 18.8. The number of benzene rings is 2. The third-order valence-electron chi connectivity index (χ3n) is 4.05. The lowest BCUT2D eigenvalue weighted by Gasteiger charge is -2.17. The Balaban J connectivity index is 1.55. The number of amides is 2. The Bertz CT molecular complexity index is 1130. The van der Waals surface area contributed by atoms with Crippen LogP contribution in [-0.4, -0.2) is 32.9 Å². The number of carbonyl (C=O) groups is 2. The molecule has 0 aliphatic carbocycles. The molecule has 2 aromatic carbocycles. The molecule has 9 heteroatoms. The van der Waals surface area contributed by atoms with Crippen LogP contribution in [0.1, 0.15) is 10.6 Å². The van der Waals surface area contributed by atoms with E-state index in [1.807, 2.05) is 67.6 Å². The van der Waals surface area contributed by atoms with Crippen molar-refractivity contribution in [2.45, 2.75) is 6.92 Å². The first-order valence-corrected chi connectivity index (χ1v) is 10.9. The summed E-state index contributed by atoms with van der Waals surface area (Å²) in [7, 11) is 0. The van der Waals surface area contributed by atoms with Crippen molar-refractivity contribution in [2.24, 2.45) is 4.99 Å². The molecule has 3 aromatic rings. The average Bonchev–Trinajstić information content (AvgIpc) is 3.30. The number of hydrogen-bond donors (Lipinski definition) is 1. The predicted molar refractivity (Wildman–Crippen MR) is 122 cm³/mol. The van der Waals surface area contributed by atoms with E-state index in [9.17, 15) is 9.59 Å². The van der Waals surface area contributed by atoms with Gasteiger partial charge in [0.2, 0.25) is 11.0 Å². The predicted octanol–water partition coefficient (Wildman–Crippen LogP) is 3.96. The molecule has 0 spiro atoms. The van der Waals surface area contributed by atoms with E-state index < -0.39 is 0 Å². The fourth-order valence-corrected chi connectivity index (χ4v) is 4.16. The molecule has 0 fully saturated rings. The van der Waals surface area contributed by atoms with Crippen LogP contribution in [0, 0.1) is 6.92 Å².